The lowest BCUT2D eigenvalue weighted by atomic mass is 9.62. The van der Waals surface area contributed by atoms with Crippen molar-refractivity contribution in [2.45, 2.75) is 20.0 Å². The molecule has 1 aromatic heterocycles. The summed E-state index contributed by atoms with van der Waals surface area (Å²) in [6, 6.07) is 4.05. The van der Waals surface area contributed by atoms with E-state index < -0.39 is 0 Å². The average molecular weight is 248 g/mol. The smallest absolute Gasteiger partial charge is 0.273 e. The lowest BCUT2D eigenvalue weighted by Gasteiger charge is -2.58. The van der Waals surface area contributed by atoms with Crippen LogP contribution < -0.4 is 9.80 Å². The van der Waals surface area contributed by atoms with Crippen molar-refractivity contribution < 1.29 is 19.0 Å². The summed E-state index contributed by atoms with van der Waals surface area (Å²) in [7, 11) is 0. The first-order valence-corrected chi connectivity index (χ1v) is 6.79. The topological polar surface area (TPSA) is 39.1 Å². The van der Waals surface area contributed by atoms with E-state index in [9.17, 15) is 4.79 Å². The standard InChI is InChI=1S/C14H18N2O2/c1-13-6-15-8-14(2,12(13)17)9-16(7-13)11(15)10-4-3-5-18-10/h3-5,11H,6-9H2,1-2H3/p+2. The summed E-state index contributed by atoms with van der Waals surface area (Å²) in [5.41, 5.74) is -0.224. The monoisotopic (exact) mass is 248 g/mol. The largest absolute Gasteiger partial charge is 0.457 e. The molecule has 4 saturated heterocycles. The summed E-state index contributed by atoms with van der Waals surface area (Å²) >= 11 is 0. The molecule has 4 aliphatic heterocycles. The Labute approximate surface area is 107 Å². The van der Waals surface area contributed by atoms with Gasteiger partial charge in [-0.05, 0) is 26.0 Å². The second-order valence-corrected chi connectivity index (χ2v) is 6.92. The van der Waals surface area contributed by atoms with Gasteiger partial charge in [-0.2, -0.15) is 0 Å². The van der Waals surface area contributed by atoms with E-state index in [0.29, 0.717) is 11.9 Å². The van der Waals surface area contributed by atoms with Gasteiger partial charge in [0.2, 0.25) is 5.76 Å². The quantitative estimate of drug-likeness (QED) is 0.646. The molecule has 4 nitrogen and oxygen atoms in total. The van der Waals surface area contributed by atoms with Crippen LogP contribution in [0.4, 0.5) is 0 Å². The van der Waals surface area contributed by atoms with E-state index in [4.69, 9.17) is 4.42 Å². The average Bonchev–Trinajstić information content (AvgIpc) is 2.77. The number of rotatable bonds is 1. The van der Waals surface area contributed by atoms with Gasteiger partial charge in [0, 0.05) is 0 Å². The predicted molar refractivity (Wildman–Crippen MR) is 64.1 cm³/mol. The van der Waals surface area contributed by atoms with Gasteiger partial charge in [0.15, 0.2) is 5.78 Å². The van der Waals surface area contributed by atoms with Gasteiger partial charge in [-0.3, -0.25) is 14.6 Å². The molecule has 0 spiro atoms. The molecule has 5 heterocycles. The van der Waals surface area contributed by atoms with Crippen LogP contribution in [0.25, 0.3) is 0 Å². The Bertz CT molecular complexity index is 468. The first-order chi connectivity index (χ1) is 8.52. The third kappa shape index (κ3) is 1.15. The van der Waals surface area contributed by atoms with Crippen LogP contribution in [0.2, 0.25) is 0 Å². The molecule has 96 valence electrons. The number of quaternary nitrogens is 2. The predicted octanol–water partition coefficient (Wildman–Crippen LogP) is -1.33. The third-order valence-corrected chi connectivity index (χ3v) is 5.21. The number of carbonyl (C=O) groups excluding carboxylic acids is 1. The number of nitrogens with one attached hydrogen (secondary N) is 2. The first-order valence-electron chi connectivity index (χ1n) is 6.79. The molecule has 1 aromatic rings. The van der Waals surface area contributed by atoms with Crippen LogP contribution in [0.5, 0.6) is 0 Å². The van der Waals surface area contributed by atoms with Crippen molar-refractivity contribution in [3.05, 3.63) is 24.2 Å². The molecule has 0 radical (unpaired) electrons. The van der Waals surface area contributed by atoms with Gasteiger partial charge in [0.05, 0.1) is 6.26 Å². The lowest BCUT2D eigenvalue weighted by molar-refractivity contribution is -1.18. The summed E-state index contributed by atoms with van der Waals surface area (Å²) < 4.78 is 5.63. The molecule has 2 N–H and O–H groups in total. The summed E-state index contributed by atoms with van der Waals surface area (Å²) in [6.45, 7) is 8.19. The van der Waals surface area contributed by atoms with Crippen molar-refractivity contribution in [3.63, 3.8) is 0 Å². The van der Waals surface area contributed by atoms with Crippen LogP contribution >= 0.6 is 0 Å². The molecule has 4 fully saturated rings. The Balaban J connectivity index is 1.77. The third-order valence-electron chi connectivity index (χ3n) is 5.21. The van der Waals surface area contributed by atoms with E-state index in [1.54, 1.807) is 6.26 Å². The van der Waals surface area contributed by atoms with Crippen LogP contribution in [-0.2, 0) is 4.79 Å². The molecule has 0 saturated carbocycles. The summed E-state index contributed by atoms with van der Waals surface area (Å²) in [5.74, 6) is 1.58. The Kier molecular flexibility index (Phi) is 1.83. The normalized spacial score (nSPS) is 49.9. The maximum Gasteiger partial charge on any atom is 0.273 e. The molecular formula is C14H20N2O2+2. The number of carbonyl (C=O) groups is 1. The summed E-state index contributed by atoms with van der Waals surface area (Å²) in [6.07, 6.45) is 2.16. The zero-order chi connectivity index (χ0) is 12.5. The van der Waals surface area contributed by atoms with Gasteiger partial charge >= 0.3 is 0 Å². The molecule has 18 heavy (non-hydrogen) atoms. The van der Waals surface area contributed by atoms with Crippen molar-refractivity contribution in [2.75, 3.05) is 26.2 Å². The minimum absolute atomic E-state index is 0.112. The van der Waals surface area contributed by atoms with E-state index in [2.05, 4.69) is 19.9 Å². The zero-order valence-corrected chi connectivity index (χ0v) is 11.0. The summed E-state index contributed by atoms with van der Waals surface area (Å²) in [4.78, 5) is 15.6. The van der Waals surface area contributed by atoms with Crippen molar-refractivity contribution in [1.82, 2.24) is 0 Å². The zero-order valence-electron chi connectivity index (χ0n) is 11.0. The van der Waals surface area contributed by atoms with Crippen molar-refractivity contribution in [3.8, 4) is 0 Å². The molecule has 4 aliphatic rings. The molecule has 4 heteroatoms. The highest BCUT2D eigenvalue weighted by molar-refractivity contribution is 5.91. The van der Waals surface area contributed by atoms with Gasteiger partial charge in [0.1, 0.15) is 37.0 Å². The second-order valence-electron chi connectivity index (χ2n) is 6.92. The number of ketones is 1. The van der Waals surface area contributed by atoms with Crippen molar-refractivity contribution in [1.29, 1.82) is 0 Å². The molecule has 0 aromatic carbocycles. The Morgan fingerprint density at radius 2 is 1.72 bits per heavy atom. The van der Waals surface area contributed by atoms with Crippen LogP contribution in [0, 0.1) is 10.8 Å². The highest BCUT2D eigenvalue weighted by atomic mass is 16.3. The van der Waals surface area contributed by atoms with Crippen LogP contribution in [0.3, 0.4) is 0 Å². The van der Waals surface area contributed by atoms with E-state index >= 15 is 0 Å². The maximum atomic E-state index is 12.6. The fourth-order valence-electron chi connectivity index (χ4n) is 4.86. The van der Waals surface area contributed by atoms with E-state index in [1.807, 2.05) is 6.07 Å². The Morgan fingerprint density at radius 3 is 2.17 bits per heavy atom. The maximum absolute atomic E-state index is 12.6. The highest BCUT2D eigenvalue weighted by Crippen LogP contribution is 2.35. The van der Waals surface area contributed by atoms with Gasteiger partial charge < -0.3 is 4.42 Å². The minimum atomic E-state index is -0.112. The molecule has 0 aliphatic carbocycles. The number of furan rings is 1. The van der Waals surface area contributed by atoms with Crippen LogP contribution in [-0.4, -0.2) is 32.0 Å². The number of hydrogen-bond donors (Lipinski definition) is 2. The van der Waals surface area contributed by atoms with E-state index in [1.165, 1.54) is 9.80 Å². The number of piperidine rings is 2. The SMILES string of the molecule is CC12C[NH+]3CC(C)(C[NH+](C1)C3c1ccco1)C2=O. The van der Waals surface area contributed by atoms with Gasteiger partial charge in [-0.1, -0.05) is 0 Å². The van der Waals surface area contributed by atoms with Crippen LogP contribution in [0.1, 0.15) is 25.8 Å². The summed E-state index contributed by atoms with van der Waals surface area (Å²) in [5, 5.41) is 0. The molecule has 4 bridgehead atoms. The first kappa shape index (κ1) is 10.8. The van der Waals surface area contributed by atoms with Gasteiger partial charge in [0.25, 0.3) is 6.17 Å². The van der Waals surface area contributed by atoms with Crippen molar-refractivity contribution in [2.24, 2.45) is 10.8 Å². The Hall–Kier alpha value is -1.13. The lowest BCUT2D eigenvalue weighted by Crippen LogP contribution is -3.41. The molecular weight excluding hydrogens is 228 g/mol. The fourth-order valence-corrected chi connectivity index (χ4v) is 4.86. The number of Topliss-reactive ketones (excluding diaryl/α,β-unsaturated/α-hetero) is 1. The Morgan fingerprint density at radius 1 is 1.17 bits per heavy atom. The second kappa shape index (κ2) is 3.06. The molecule has 0 atom stereocenters. The van der Waals surface area contributed by atoms with E-state index in [-0.39, 0.29) is 10.8 Å². The van der Waals surface area contributed by atoms with E-state index in [0.717, 1.165) is 31.9 Å². The van der Waals surface area contributed by atoms with Gasteiger partial charge in [-0.15, -0.1) is 0 Å². The highest BCUT2D eigenvalue weighted by Gasteiger charge is 2.68. The minimum Gasteiger partial charge on any atom is -0.457 e. The van der Waals surface area contributed by atoms with Crippen molar-refractivity contribution >= 4 is 5.78 Å². The molecule has 0 unspecified atom stereocenters. The molecule has 0 amide bonds. The molecule has 5 rings (SSSR count). The number of hydrogen-bond acceptors (Lipinski definition) is 2. The fraction of sp³-hybridized carbons (Fsp3) is 0.643. The van der Waals surface area contributed by atoms with Gasteiger partial charge in [-0.25, -0.2) is 0 Å². The van der Waals surface area contributed by atoms with Crippen LogP contribution in [0.15, 0.2) is 22.8 Å².